The van der Waals surface area contributed by atoms with Gasteiger partial charge in [-0.3, -0.25) is 0 Å². The summed E-state index contributed by atoms with van der Waals surface area (Å²) in [4.78, 5) is 0. The van der Waals surface area contributed by atoms with E-state index in [0.29, 0.717) is 17.5 Å². The normalized spacial score (nSPS) is 17.3. The molecule has 0 atom stereocenters. The zero-order valence-electron chi connectivity index (χ0n) is 10.7. The Bertz CT molecular complexity index is 424. The predicted molar refractivity (Wildman–Crippen MR) is 72.1 cm³/mol. The molecule has 2 N–H and O–H groups in total. The number of hydrogen-bond donors (Lipinski definition) is 1. The van der Waals surface area contributed by atoms with Gasteiger partial charge in [-0.05, 0) is 42.0 Å². The summed E-state index contributed by atoms with van der Waals surface area (Å²) >= 11 is 6.23. The quantitative estimate of drug-likeness (QED) is 0.892. The first-order chi connectivity index (χ1) is 8.04. The standard InChI is InChI=1S/C14H20ClNO/c1-9(2)10-6-13(17-3)12(15)7-11(10)14(8-16)4-5-14/h6-7,9H,4-5,8,16H2,1-3H3. The van der Waals surface area contributed by atoms with Crippen LogP contribution in [0.2, 0.25) is 5.02 Å². The lowest BCUT2D eigenvalue weighted by molar-refractivity contribution is 0.413. The van der Waals surface area contributed by atoms with E-state index >= 15 is 0 Å². The Balaban J connectivity index is 2.54. The summed E-state index contributed by atoms with van der Waals surface area (Å²) < 4.78 is 5.29. The number of hydrogen-bond acceptors (Lipinski definition) is 2. The Labute approximate surface area is 108 Å². The Morgan fingerprint density at radius 3 is 2.47 bits per heavy atom. The van der Waals surface area contributed by atoms with Crippen LogP contribution in [-0.2, 0) is 5.41 Å². The monoisotopic (exact) mass is 253 g/mol. The molecule has 0 aliphatic heterocycles. The minimum absolute atomic E-state index is 0.176. The fourth-order valence-corrected chi connectivity index (χ4v) is 2.64. The van der Waals surface area contributed by atoms with Crippen LogP contribution in [0, 0.1) is 0 Å². The van der Waals surface area contributed by atoms with E-state index in [1.165, 1.54) is 24.0 Å². The van der Waals surface area contributed by atoms with E-state index in [2.05, 4.69) is 26.0 Å². The van der Waals surface area contributed by atoms with Crippen LogP contribution in [0.4, 0.5) is 0 Å². The Hall–Kier alpha value is -0.730. The second-order valence-corrected chi connectivity index (χ2v) is 5.62. The highest BCUT2D eigenvalue weighted by atomic mass is 35.5. The first-order valence-corrected chi connectivity index (χ1v) is 6.50. The fourth-order valence-electron chi connectivity index (χ4n) is 2.40. The highest BCUT2D eigenvalue weighted by molar-refractivity contribution is 6.32. The third kappa shape index (κ3) is 2.16. The molecular weight excluding hydrogens is 234 g/mol. The van der Waals surface area contributed by atoms with Gasteiger partial charge in [0.15, 0.2) is 0 Å². The number of rotatable bonds is 4. The summed E-state index contributed by atoms with van der Waals surface area (Å²) in [7, 11) is 1.65. The van der Waals surface area contributed by atoms with Crippen molar-refractivity contribution >= 4 is 11.6 Å². The molecule has 1 fully saturated rings. The van der Waals surface area contributed by atoms with E-state index in [1.54, 1.807) is 7.11 Å². The van der Waals surface area contributed by atoms with Gasteiger partial charge in [0.1, 0.15) is 5.75 Å². The average Bonchev–Trinajstić information content (AvgIpc) is 3.09. The fraction of sp³-hybridized carbons (Fsp3) is 0.571. The van der Waals surface area contributed by atoms with Gasteiger partial charge >= 0.3 is 0 Å². The van der Waals surface area contributed by atoms with Crippen molar-refractivity contribution in [2.45, 2.75) is 38.0 Å². The van der Waals surface area contributed by atoms with Crippen molar-refractivity contribution < 1.29 is 4.74 Å². The summed E-state index contributed by atoms with van der Waals surface area (Å²) in [6.07, 6.45) is 2.34. The zero-order chi connectivity index (χ0) is 12.6. The van der Waals surface area contributed by atoms with Gasteiger partial charge in [-0.1, -0.05) is 25.4 Å². The number of nitrogens with two attached hydrogens (primary N) is 1. The number of benzene rings is 1. The Morgan fingerprint density at radius 2 is 2.06 bits per heavy atom. The molecule has 1 aliphatic carbocycles. The van der Waals surface area contributed by atoms with Crippen molar-refractivity contribution in [3.63, 3.8) is 0 Å². The molecule has 94 valence electrons. The lowest BCUT2D eigenvalue weighted by atomic mass is 9.86. The molecule has 2 nitrogen and oxygen atoms in total. The maximum absolute atomic E-state index is 6.23. The smallest absolute Gasteiger partial charge is 0.137 e. The van der Waals surface area contributed by atoms with E-state index < -0.39 is 0 Å². The molecule has 0 amide bonds. The van der Waals surface area contributed by atoms with Gasteiger partial charge in [0.2, 0.25) is 0 Å². The predicted octanol–water partition coefficient (Wildman–Crippen LogP) is 3.46. The number of halogens is 1. The topological polar surface area (TPSA) is 35.2 Å². The van der Waals surface area contributed by atoms with Crippen molar-refractivity contribution in [1.29, 1.82) is 0 Å². The molecule has 2 rings (SSSR count). The van der Waals surface area contributed by atoms with E-state index in [4.69, 9.17) is 22.1 Å². The average molecular weight is 254 g/mol. The van der Waals surface area contributed by atoms with Crippen molar-refractivity contribution in [2.75, 3.05) is 13.7 Å². The van der Waals surface area contributed by atoms with Crippen molar-refractivity contribution in [1.82, 2.24) is 0 Å². The first kappa shape index (κ1) is 12.7. The Kier molecular flexibility index (Phi) is 3.37. The second kappa shape index (κ2) is 4.51. The van der Waals surface area contributed by atoms with Gasteiger partial charge in [0.05, 0.1) is 12.1 Å². The Morgan fingerprint density at radius 1 is 1.41 bits per heavy atom. The first-order valence-electron chi connectivity index (χ1n) is 6.12. The van der Waals surface area contributed by atoms with E-state index in [1.807, 2.05) is 0 Å². The molecule has 3 heteroatoms. The molecule has 1 saturated carbocycles. The maximum atomic E-state index is 6.23. The van der Waals surface area contributed by atoms with Crippen LogP contribution < -0.4 is 10.5 Å². The van der Waals surface area contributed by atoms with Gasteiger partial charge in [-0.15, -0.1) is 0 Å². The summed E-state index contributed by atoms with van der Waals surface area (Å²) in [5, 5.41) is 0.687. The van der Waals surface area contributed by atoms with Crippen molar-refractivity contribution in [3.05, 3.63) is 28.3 Å². The minimum Gasteiger partial charge on any atom is -0.495 e. The summed E-state index contributed by atoms with van der Waals surface area (Å²) in [6, 6.07) is 4.12. The van der Waals surface area contributed by atoms with Gasteiger partial charge in [-0.25, -0.2) is 0 Å². The summed E-state index contributed by atoms with van der Waals surface area (Å²) in [5.41, 5.74) is 8.73. The van der Waals surface area contributed by atoms with Crippen LogP contribution in [0.1, 0.15) is 43.7 Å². The molecule has 0 aromatic heterocycles. The largest absolute Gasteiger partial charge is 0.495 e. The molecule has 1 aliphatic rings. The van der Waals surface area contributed by atoms with Crippen LogP contribution in [0.3, 0.4) is 0 Å². The summed E-state index contributed by atoms with van der Waals surface area (Å²) in [6.45, 7) is 5.09. The highest BCUT2D eigenvalue weighted by Gasteiger charge is 2.44. The van der Waals surface area contributed by atoms with E-state index in [9.17, 15) is 0 Å². The third-order valence-electron chi connectivity index (χ3n) is 3.76. The molecule has 0 unspecified atom stereocenters. The van der Waals surface area contributed by atoms with Crippen LogP contribution in [0.5, 0.6) is 5.75 Å². The maximum Gasteiger partial charge on any atom is 0.137 e. The van der Waals surface area contributed by atoms with Crippen LogP contribution in [0.15, 0.2) is 12.1 Å². The molecule has 0 bridgehead atoms. The lowest BCUT2D eigenvalue weighted by Gasteiger charge is -2.22. The minimum atomic E-state index is 0.176. The SMILES string of the molecule is COc1cc(C(C)C)c(C2(CN)CC2)cc1Cl. The van der Waals surface area contributed by atoms with E-state index in [-0.39, 0.29) is 5.41 Å². The molecule has 0 radical (unpaired) electrons. The zero-order valence-corrected chi connectivity index (χ0v) is 11.5. The second-order valence-electron chi connectivity index (χ2n) is 5.21. The third-order valence-corrected chi connectivity index (χ3v) is 4.06. The van der Waals surface area contributed by atoms with Gasteiger partial charge < -0.3 is 10.5 Å². The number of ether oxygens (including phenoxy) is 1. The van der Waals surface area contributed by atoms with Crippen LogP contribution in [-0.4, -0.2) is 13.7 Å². The van der Waals surface area contributed by atoms with Crippen LogP contribution >= 0.6 is 11.6 Å². The molecule has 0 saturated heterocycles. The van der Waals surface area contributed by atoms with Crippen molar-refractivity contribution in [3.8, 4) is 5.75 Å². The number of methoxy groups -OCH3 is 1. The molecular formula is C14H20ClNO. The van der Waals surface area contributed by atoms with Crippen molar-refractivity contribution in [2.24, 2.45) is 5.73 Å². The van der Waals surface area contributed by atoms with Crippen LogP contribution in [0.25, 0.3) is 0 Å². The summed E-state index contributed by atoms with van der Waals surface area (Å²) in [5.74, 6) is 1.21. The molecule has 17 heavy (non-hydrogen) atoms. The van der Waals surface area contributed by atoms with Gasteiger partial charge in [-0.2, -0.15) is 0 Å². The molecule has 0 heterocycles. The lowest BCUT2D eigenvalue weighted by Crippen LogP contribution is -2.21. The molecule has 1 aromatic rings. The molecule has 1 aromatic carbocycles. The van der Waals surface area contributed by atoms with E-state index in [0.717, 1.165) is 5.75 Å². The van der Waals surface area contributed by atoms with Gasteiger partial charge in [0, 0.05) is 12.0 Å². The van der Waals surface area contributed by atoms with Gasteiger partial charge in [0.25, 0.3) is 0 Å². The highest BCUT2D eigenvalue weighted by Crippen LogP contribution is 2.51. The molecule has 0 spiro atoms.